The van der Waals surface area contributed by atoms with Gasteiger partial charge in [-0.1, -0.05) is 67.1 Å². The summed E-state index contributed by atoms with van der Waals surface area (Å²) >= 11 is 0. The van der Waals surface area contributed by atoms with Crippen molar-refractivity contribution in [2.75, 3.05) is 6.54 Å². The molecule has 5 nitrogen and oxygen atoms in total. The van der Waals surface area contributed by atoms with Crippen LogP contribution in [0, 0.1) is 0 Å². The summed E-state index contributed by atoms with van der Waals surface area (Å²) in [6.45, 7) is 2.80. The van der Waals surface area contributed by atoms with Gasteiger partial charge in [-0.2, -0.15) is 0 Å². The van der Waals surface area contributed by atoms with Gasteiger partial charge in [0.05, 0.1) is 17.8 Å². The normalized spacial score (nSPS) is 10.6. The molecule has 0 fully saturated rings. The molecule has 1 N–H and O–H groups in total. The molecule has 0 aliphatic heterocycles. The number of unbranched alkanes of at least 4 members (excludes halogenated alkanes) is 1. The van der Waals surface area contributed by atoms with Crippen molar-refractivity contribution < 1.29 is 4.79 Å². The number of benzene rings is 2. The molecule has 3 rings (SSSR count). The fourth-order valence-corrected chi connectivity index (χ4v) is 2.69. The van der Waals surface area contributed by atoms with Gasteiger partial charge >= 0.3 is 0 Å². The lowest BCUT2D eigenvalue weighted by atomic mass is 10.1. The molecule has 0 bridgehead atoms. The largest absolute Gasteiger partial charge is 0.356 e. The molecule has 128 valence electrons. The number of hydrogen-bond donors (Lipinski definition) is 1. The minimum atomic E-state index is -0.0225. The van der Waals surface area contributed by atoms with Crippen LogP contribution in [0.5, 0.6) is 0 Å². The van der Waals surface area contributed by atoms with Crippen molar-refractivity contribution in [1.29, 1.82) is 0 Å². The first-order valence-electron chi connectivity index (χ1n) is 8.61. The van der Waals surface area contributed by atoms with Gasteiger partial charge in [0, 0.05) is 12.1 Å². The summed E-state index contributed by atoms with van der Waals surface area (Å²) in [5.41, 5.74) is 3.46. The molecule has 25 heavy (non-hydrogen) atoms. The van der Waals surface area contributed by atoms with Crippen LogP contribution in [0.25, 0.3) is 16.9 Å². The van der Waals surface area contributed by atoms with Gasteiger partial charge in [-0.25, -0.2) is 4.68 Å². The number of nitrogens with zero attached hydrogens (tertiary/aromatic N) is 3. The lowest BCUT2D eigenvalue weighted by molar-refractivity contribution is -0.120. The van der Waals surface area contributed by atoms with E-state index in [9.17, 15) is 4.79 Å². The first-order valence-corrected chi connectivity index (χ1v) is 8.61. The van der Waals surface area contributed by atoms with E-state index < -0.39 is 0 Å². The van der Waals surface area contributed by atoms with E-state index in [1.807, 2.05) is 60.7 Å². The van der Waals surface area contributed by atoms with Crippen LogP contribution in [0.2, 0.25) is 0 Å². The zero-order valence-electron chi connectivity index (χ0n) is 14.4. The molecule has 0 unspecified atom stereocenters. The van der Waals surface area contributed by atoms with Crippen molar-refractivity contribution in [1.82, 2.24) is 20.3 Å². The molecular weight excluding hydrogens is 312 g/mol. The van der Waals surface area contributed by atoms with E-state index in [-0.39, 0.29) is 12.3 Å². The highest BCUT2D eigenvalue weighted by atomic mass is 16.1. The van der Waals surface area contributed by atoms with Gasteiger partial charge in [0.25, 0.3) is 0 Å². The second-order valence-electron chi connectivity index (χ2n) is 5.88. The molecule has 1 amide bonds. The number of nitrogens with one attached hydrogen (secondary N) is 1. The highest BCUT2D eigenvalue weighted by molar-refractivity contribution is 5.80. The summed E-state index contributed by atoms with van der Waals surface area (Å²) in [4.78, 5) is 12.2. The molecule has 1 heterocycles. The molecule has 0 saturated carbocycles. The molecule has 0 saturated heterocycles. The molecule has 0 aliphatic carbocycles. The van der Waals surface area contributed by atoms with Gasteiger partial charge < -0.3 is 5.32 Å². The second-order valence-corrected chi connectivity index (χ2v) is 5.88. The van der Waals surface area contributed by atoms with E-state index in [0.29, 0.717) is 12.2 Å². The van der Waals surface area contributed by atoms with Gasteiger partial charge in [0.1, 0.15) is 5.69 Å². The Labute approximate surface area is 147 Å². The number of amides is 1. The van der Waals surface area contributed by atoms with E-state index in [2.05, 4.69) is 22.6 Å². The summed E-state index contributed by atoms with van der Waals surface area (Å²) in [6, 6.07) is 19.8. The maximum atomic E-state index is 12.2. The number of aromatic nitrogens is 3. The van der Waals surface area contributed by atoms with Crippen molar-refractivity contribution >= 4 is 5.91 Å². The Balaban J connectivity index is 1.93. The van der Waals surface area contributed by atoms with Gasteiger partial charge in [-0.3, -0.25) is 4.79 Å². The zero-order valence-corrected chi connectivity index (χ0v) is 14.4. The van der Waals surface area contributed by atoms with E-state index in [1.165, 1.54) is 0 Å². The van der Waals surface area contributed by atoms with Gasteiger partial charge in [-0.05, 0) is 18.6 Å². The highest BCUT2D eigenvalue weighted by Gasteiger charge is 2.18. The smallest absolute Gasteiger partial charge is 0.226 e. The maximum absolute atomic E-state index is 12.2. The molecule has 2 aromatic carbocycles. The van der Waals surface area contributed by atoms with Crippen LogP contribution in [0.3, 0.4) is 0 Å². The zero-order chi connectivity index (χ0) is 17.5. The number of carbonyl (C=O) groups excluding carboxylic acids is 1. The molecule has 0 spiro atoms. The van der Waals surface area contributed by atoms with Crippen LogP contribution in [0.4, 0.5) is 0 Å². The lowest BCUT2D eigenvalue weighted by Gasteiger charge is -2.09. The monoisotopic (exact) mass is 334 g/mol. The van der Waals surface area contributed by atoms with Crippen molar-refractivity contribution in [3.63, 3.8) is 0 Å². The summed E-state index contributed by atoms with van der Waals surface area (Å²) < 4.78 is 1.80. The minimum absolute atomic E-state index is 0.0225. The van der Waals surface area contributed by atoms with Crippen LogP contribution in [0.1, 0.15) is 25.5 Å². The fraction of sp³-hybridized carbons (Fsp3) is 0.250. The molecule has 0 aliphatic rings. The SMILES string of the molecule is CCCCNC(=O)Cc1nnn(-c2ccccc2)c1-c1ccccc1. The predicted molar refractivity (Wildman–Crippen MR) is 98.4 cm³/mol. The predicted octanol–water partition coefficient (Wildman–Crippen LogP) is 3.39. The number of rotatable bonds is 7. The van der Waals surface area contributed by atoms with E-state index in [1.54, 1.807) is 4.68 Å². The Kier molecular flexibility index (Phi) is 5.57. The standard InChI is InChI=1S/C20H22N4O/c1-2-3-14-21-19(25)15-18-20(16-10-6-4-7-11-16)24(23-22-18)17-12-8-5-9-13-17/h4-13H,2-3,14-15H2,1H3,(H,21,25). The lowest BCUT2D eigenvalue weighted by Crippen LogP contribution is -2.26. The van der Waals surface area contributed by atoms with Crippen LogP contribution in [-0.2, 0) is 11.2 Å². The van der Waals surface area contributed by atoms with E-state index in [0.717, 1.165) is 29.8 Å². The van der Waals surface area contributed by atoms with E-state index >= 15 is 0 Å². The van der Waals surface area contributed by atoms with Crippen LogP contribution in [0.15, 0.2) is 60.7 Å². The highest BCUT2D eigenvalue weighted by Crippen LogP contribution is 2.25. The summed E-state index contributed by atoms with van der Waals surface area (Å²) in [5.74, 6) is -0.0225. The first-order chi connectivity index (χ1) is 12.3. The second kappa shape index (κ2) is 8.24. The number of carbonyl (C=O) groups is 1. The Morgan fingerprint density at radius 3 is 2.40 bits per heavy atom. The summed E-state index contributed by atoms with van der Waals surface area (Å²) in [5, 5.41) is 11.5. The Morgan fingerprint density at radius 2 is 1.72 bits per heavy atom. The van der Waals surface area contributed by atoms with Crippen LogP contribution < -0.4 is 5.32 Å². The van der Waals surface area contributed by atoms with Crippen molar-refractivity contribution in [2.45, 2.75) is 26.2 Å². The topological polar surface area (TPSA) is 59.8 Å². The molecule has 0 radical (unpaired) electrons. The molecule has 5 heteroatoms. The van der Waals surface area contributed by atoms with Crippen molar-refractivity contribution in [2.24, 2.45) is 0 Å². The summed E-state index contributed by atoms with van der Waals surface area (Å²) in [7, 11) is 0. The third kappa shape index (κ3) is 4.12. The van der Waals surface area contributed by atoms with Gasteiger partial charge in [0.2, 0.25) is 5.91 Å². The third-order valence-electron chi connectivity index (χ3n) is 3.97. The molecule has 0 atom stereocenters. The Bertz CT molecular complexity index is 812. The average molecular weight is 334 g/mol. The van der Waals surface area contributed by atoms with Crippen LogP contribution >= 0.6 is 0 Å². The molecule has 3 aromatic rings. The quantitative estimate of drug-likeness (QED) is 0.674. The minimum Gasteiger partial charge on any atom is -0.356 e. The van der Waals surface area contributed by atoms with Crippen molar-refractivity contribution in [3.05, 3.63) is 66.4 Å². The fourth-order valence-electron chi connectivity index (χ4n) is 2.69. The van der Waals surface area contributed by atoms with Gasteiger partial charge in [0.15, 0.2) is 0 Å². The average Bonchev–Trinajstić information content (AvgIpc) is 3.07. The molecule has 1 aromatic heterocycles. The summed E-state index contributed by atoms with van der Waals surface area (Å²) in [6.07, 6.45) is 2.26. The maximum Gasteiger partial charge on any atom is 0.226 e. The van der Waals surface area contributed by atoms with E-state index in [4.69, 9.17) is 0 Å². The number of para-hydroxylation sites is 1. The first kappa shape index (κ1) is 16.9. The van der Waals surface area contributed by atoms with Crippen LogP contribution in [-0.4, -0.2) is 27.4 Å². The molecular formula is C20H22N4O. The Hall–Kier alpha value is -2.95. The Morgan fingerprint density at radius 1 is 1.04 bits per heavy atom. The third-order valence-corrected chi connectivity index (χ3v) is 3.97. The number of hydrogen-bond acceptors (Lipinski definition) is 3. The van der Waals surface area contributed by atoms with Gasteiger partial charge in [-0.15, -0.1) is 5.10 Å². The van der Waals surface area contributed by atoms with Crippen molar-refractivity contribution in [3.8, 4) is 16.9 Å².